The summed E-state index contributed by atoms with van der Waals surface area (Å²) in [6.45, 7) is 1.75. The summed E-state index contributed by atoms with van der Waals surface area (Å²) in [5.41, 5.74) is 0.260. The Morgan fingerprint density at radius 2 is 2.17 bits per heavy atom. The summed E-state index contributed by atoms with van der Waals surface area (Å²) in [4.78, 5) is 29.8. The summed E-state index contributed by atoms with van der Waals surface area (Å²) in [5.74, 6) is -0.358. The molecule has 0 fully saturated rings. The molecule has 0 bridgehead atoms. The van der Waals surface area contributed by atoms with E-state index in [1.165, 1.54) is 33.6 Å². The third-order valence-electron chi connectivity index (χ3n) is 3.18. The molecule has 0 saturated carbocycles. The smallest absolute Gasteiger partial charge is 0.319 e. The molecule has 0 N–H and O–H groups in total. The number of carbonyl (C=O) groups excluding carboxylic acids is 1. The highest BCUT2D eigenvalue weighted by Crippen LogP contribution is 2.25. The predicted molar refractivity (Wildman–Crippen MR) is 95.9 cm³/mol. The molecule has 8 heteroatoms. The summed E-state index contributed by atoms with van der Waals surface area (Å²) in [7, 11) is 0. The lowest BCUT2D eigenvalue weighted by atomic mass is 10.4. The van der Waals surface area contributed by atoms with Crippen LogP contribution >= 0.6 is 34.7 Å². The van der Waals surface area contributed by atoms with Crippen molar-refractivity contribution in [1.82, 2.24) is 9.38 Å². The van der Waals surface area contributed by atoms with Crippen molar-refractivity contribution < 1.29 is 9.53 Å². The monoisotopic (exact) mass is 380 g/mol. The van der Waals surface area contributed by atoms with Crippen molar-refractivity contribution in [1.29, 1.82) is 0 Å². The van der Waals surface area contributed by atoms with Crippen LogP contribution in [0, 0.1) is 0 Å². The van der Waals surface area contributed by atoms with E-state index < -0.39 is 0 Å². The lowest BCUT2D eigenvalue weighted by Gasteiger charge is -2.11. The van der Waals surface area contributed by atoms with Crippen LogP contribution in [-0.2, 0) is 16.1 Å². The number of nitrogens with zero attached hydrogens (tertiary/aromatic N) is 2. The summed E-state index contributed by atoms with van der Waals surface area (Å²) < 4.78 is 6.73. The Hall–Kier alpha value is -1.83. The minimum atomic E-state index is -0.377. The molecule has 0 aliphatic carbocycles. The van der Waals surface area contributed by atoms with Gasteiger partial charge in [-0.3, -0.25) is 14.0 Å². The van der Waals surface area contributed by atoms with E-state index in [9.17, 15) is 9.59 Å². The van der Waals surface area contributed by atoms with Crippen LogP contribution in [0.25, 0.3) is 4.96 Å². The average molecular weight is 381 g/mol. The first-order chi connectivity index (χ1) is 11.5. The quantitative estimate of drug-likeness (QED) is 0.499. The Kier molecular flexibility index (Phi) is 5.23. The predicted octanol–water partition coefficient (Wildman–Crippen LogP) is 3.63. The van der Waals surface area contributed by atoms with Gasteiger partial charge in [0.1, 0.15) is 11.9 Å². The molecule has 0 amide bonds. The lowest BCUT2D eigenvalue weighted by molar-refractivity contribution is -0.144. The van der Waals surface area contributed by atoms with Gasteiger partial charge in [0.25, 0.3) is 5.56 Å². The van der Waals surface area contributed by atoms with Crippen molar-refractivity contribution in [2.24, 2.45) is 0 Å². The summed E-state index contributed by atoms with van der Waals surface area (Å²) in [6, 6.07) is 8.63. The zero-order valence-corrected chi connectivity index (χ0v) is 15.0. The second-order valence-electron chi connectivity index (χ2n) is 4.96. The summed E-state index contributed by atoms with van der Waals surface area (Å²) in [6.07, 6.45) is 1.66. The Morgan fingerprint density at radius 3 is 2.92 bits per heavy atom. The van der Waals surface area contributed by atoms with Gasteiger partial charge in [0.15, 0.2) is 4.96 Å². The molecule has 5 nitrogen and oxygen atoms in total. The van der Waals surface area contributed by atoms with Crippen molar-refractivity contribution in [2.75, 3.05) is 0 Å². The number of esters is 1. The molecular weight excluding hydrogens is 368 g/mol. The number of fused-ring (bicyclic) bond motifs is 1. The molecule has 2 aromatic heterocycles. The fourth-order valence-electron chi connectivity index (χ4n) is 1.99. The van der Waals surface area contributed by atoms with Gasteiger partial charge < -0.3 is 4.74 Å². The fourth-order valence-corrected chi connectivity index (χ4v) is 3.72. The molecule has 0 aliphatic heterocycles. The van der Waals surface area contributed by atoms with Crippen LogP contribution in [0.3, 0.4) is 0 Å². The van der Waals surface area contributed by atoms with E-state index in [1.54, 1.807) is 30.6 Å². The molecule has 2 heterocycles. The van der Waals surface area contributed by atoms with Gasteiger partial charge in [-0.1, -0.05) is 11.6 Å². The number of hydrogen-bond acceptors (Lipinski definition) is 6. The standard InChI is InChI=1S/C16H13ClN2O3S2/c1-10(24-13-4-2-11(17)3-5-13)15(21)22-9-12-8-14(20)19-6-7-23-16(19)18-12/h2-8,10H,9H2,1H3/t10-/m0/s1. The molecule has 1 atom stereocenters. The minimum Gasteiger partial charge on any atom is -0.458 e. The molecule has 3 rings (SSSR count). The van der Waals surface area contributed by atoms with Crippen molar-refractivity contribution in [2.45, 2.75) is 23.7 Å². The summed E-state index contributed by atoms with van der Waals surface area (Å²) >= 11 is 8.58. The number of halogens is 1. The maximum Gasteiger partial charge on any atom is 0.319 e. The van der Waals surface area contributed by atoms with Gasteiger partial charge in [0, 0.05) is 27.6 Å². The topological polar surface area (TPSA) is 60.7 Å². The van der Waals surface area contributed by atoms with E-state index in [0.717, 1.165) is 4.90 Å². The molecule has 0 saturated heterocycles. The maximum absolute atomic E-state index is 12.1. The van der Waals surface area contributed by atoms with Gasteiger partial charge in [-0.25, -0.2) is 4.98 Å². The van der Waals surface area contributed by atoms with Crippen LogP contribution in [-0.4, -0.2) is 20.6 Å². The molecule has 0 spiro atoms. The Labute approximate surface area is 151 Å². The average Bonchev–Trinajstić information content (AvgIpc) is 3.04. The fraction of sp³-hybridized carbons (Fsp3) is 0.188. The first-order valence-corrected chi connectivity index (χ1v) is 9.21. The zero-order valence-electron chi connectivity index (χ0n) is 12.6. The molecule has 0 aliphatic rings. The number of thioether (sulfide) groups is 1. The van der Waals surface area contributed by atoms with E-state index in [-0.39, 0.29) is 23.4 Å². The van der Waals surface area contributed by atoms with E-state index in [0.29, 0.717) is 15.7 Å². The van der Waals surface area contributed by atoms with Gasteiger partial charge in [-0.15, -0.1) is 23.1 Å². The highest BCUT2D eigenvalue weighted by atomic mass is 35.5. The third kappa shape index (κ3) is 3.98. The number of aromatic nitrogens is 2. The van der Waals surface area contributed by atoms with Crippen molar-refractivity contribution in [3.05, 3.63) is 63.0 Å². The summed E-state index contributed by atoms with van der Waals surface area (Å²) in [5, 5.41) is 2.05. The SMILES string of the molecule is C[C@H](Sc1ccc(Cl)cc1)C(=O)OCc1cc(=O)n2ccsc2n1. The molecule has 24 heavy (non-hydrogen) atoms. The Balaban J connectivity index is 1.61. The maximum atomic E-state index is 12.1. The third-order valence-corrected chi connectivity index (χ3v) is 5.28. The van der Waals surface area contributed by atoms with Gasteiger partial charge in [0.05, 0.1) is 5.69 Å². The molecular formula is C16H13ClN2O3S2. The first kappa shape index (κ1) is 17.0. The number of ether oxygens (including phenoxy) is 1. The van der Waals surface area contributed by atoms with Crippen LogP contribution < -0.4 is 5.56 Å². The zero-order chi connectivity index (χ0) is 17.1. The van der Waals surface area contributed by atoms with Crippen molar-refractivity contribution >= 4 is 45.6 Å². The minimum absolute atomic E-state index is 0.0199. The largest absolute Gasteiger partial charge is 0.458 e. The van der Waals surface area contributed by atoms with Gasteiger partial charge in [0.2, 0.25) is 0 Å². The molecule has 0 radical (unpaired) electrons. The number of rotatable bonds is 5. The van der Waals surface area contributed by atoms with E-state index >= 15 is 0 Å². The van der Waals surface area contributed by atoms with Crippen LogP contribution in [0.15, 0.2) is 51.6 Å². The van der Waals surface area contributed by atoms with Crippen molar-refractivity contribution in [3.63, 3.8) is 0 Å². The van der Waals surface area contributed by atoms with E-state index in [2.05, 4.69) is 4.98 Å². The first-order valence-electron chi connectivity index (χ1n) is 7.07. The van der Waals surface area contributed by atoms with Gasteiger partial charge in [-0.2, -0.15) is 0 Å². The second-order valence-corrected chi connectivity index (χ2v) is 7.69. The molecule has 0 unspecified atom stereocenters. The van der Waals surface area contributed by atoms with E-state index in [4.69, 9.17) is 16.3 Å². The van der Waals surface area contributed by atoms with E-state index in [1.807, 2.05) is 12.1 Å². The normalized spacial score (nSPS) is 12.2. The molecule has 124 valence electrons. The number of benzene rings is 1. The van der Waals surface area contributed by atoms with Crippen LogP contribution in [0.1, 0.15) is 12.6 Å². The second kappa shape index (κ2) is 7.38. The van der Waals surface area contributed by atoms with Crippen LogP contribution in [0.2, 0.25) is 5.02 Å². The van der Waals surface area contributed by atoms with Crippen LogP contribution in [0.5, 0.6) is 0 Å². The van der Waals surface area contributed by atoms with Crippen LogP contribution in [0.4, 0.5) is 0 Å². The molecule has 1 aromatic carbocycles. The highest BCUT2D eigenvalue weighted by molar-refractivity contribution is 8.00. The van der Waals surface area contributed by atoms with Gasteiger partial charge in [-0.05, 0) is 31.2 Å². The van der Waals surface area contributed by atoms with Crippen molar-refractivity contribution in [3.8, 4) is 0 Å². The number of carbonyl (C=O) groups is 1. The number of hydrogen-bond donors (Lipinski definition) is 0. The Morgan fingerprint density at radius 1 is 1.42 bits per heavy atom. The Bertz CT molecular complexity index is 921. The highest BCUT2D eigenvalue weighted by Gasteiger charge is 2.16. The molecule has 3 aromatic rings. The van der Waals surface area contributed by atoms with Gasteiger partial charge >= 0.3 is 5.97 Å². The number of thiazole rings is 1. The lowest BCUT2D eigenvalue weighted by Crippen LogP contribution is -2.19.